The van der Waals surface area contributed by atoms with Crippen molar-refractivity contribution in [3.05, 3.63) is 58.2 Å². The van der Waals surface area contributed by atoms with Crippen LogP contribution in [0.1, 0.15) is 37.7 Å². The van der Waals surface area contributed by atoms with Gasteiger partial charge in [0.2, 0.25) is 11.8 Å². The van der Waals surface area contributed by atoms with Gasteiger partial charge in [-0.25, -0.2) is 4.98 Å². The molecule has 0 bridgehead atoms. The fourth-order valence-corrected chi connectivity index (χ4v) is 5.19. The molecule has 0 spiro atoms. The first kappa shape index (κ1) is 23.0. The van der Waals surface area contributed by atoms with Crippen molar-refractivity contribution >= 4 is 40.8 Å². The number of nitrogens with zero attached hydrogens (tertiary/aromatic N) is 3. The van der Waals surface area contributed by atoms with Crippen molar-refractivity contribution in [2.75, 3.05) is 31.1 Å². The van der Waals surface area contributed by atoms with E-state index in [1.165, 1.54) is 0 Å². The first-order chi connectivity index (χ1) is 15.4. The number of hydrogen-bond donors (Lipinski definition) is 1. The minimum absolute atomic E-state index is 0.0257. The summed E-state index contributed by atoms with van der Waals surface area (Å²) in [5, 5.41) is 1.04. The van der Waals surface area contributed by atoms with E-state index in [4.69, 9.17) is 28.9 Å². The molecule has 32 heavy (non-hydrogen) atoms. The lowest BCUT2D eigenvalue weighted by atomic mass is 9.71. The van der Waals surface area contributed by atoms with Gasteiger partial charge in [0, 0.05) is 30.5 Å². The summed E-state index contributed by atoms with van der Waals surface area (Å²) in [6.45, 7) is 3.12. The van der Waals surface area contributed by atoms with Crippen molar-refractivity contribution in [1.29, 1.82) is 0 Å². The van der Waals surface area contributed by atoms with Gasteiger partial charge in [0.25, 0.3) is 0 Å². The van der Waals surface area contributed by atoms with Gasteiger partial charge in [-0.1, -0.05) is 35.3 Å². The molecule has 2 fully saturated rings. The molecule has 2 aliphatic rings. The Morgan fingerprint density at radius 1 is 1.16 bits per heavy atom. The molecule has 0 saturated carbocycles. The summed E-state index contributed by atoms with van der Waals surface area (Å²) in [6.07, 6.45) is 5.36. The van der Waals surface area contributed by atoms with Gasteiger partial charge in [0.1, 0.15) is 5.82 Å². The predicted octanol–water partition coefficient (Wildman–Crippen LogP) is 4.04. The molecule has 2 aromatic rings. The number of nitrogens with two attached hydrogens (primary N) is 1. The van der Waals surface area contributed by atoms with Crippen LogP contribution in [-0.4, -0.2) is 47.9 Å². The quantitative estimate of drug-likeness (QED) is 0.684. The van der Waals surface area contributed by atoms with Crippen LogP contribution in [0.2, 0.25) is 10.0 Å². The zero-order valence-electron chi connectivity index (χ0n) is 18.0. The third-order valence-corrected chi connectivity index (χ3v) is 7.67. The summed E-state index contributed by atoms with van der Waals surface area (Å²) in [4.78, 5) is 32.9. The van der Waals surface area contributed by atoms with Gasteiger partial charge in [0.15, 0.2) is 0 Å². The van der Waals surface area contributed by atoms with Crippen molar-refractivity contribution < 1.29 is 9.59 Å². The Kier molecular flexibility index (Phi) is 7.03. The Morgan fingerprint density at radius 2 is 1.94 bits per heavy atom. The molecule has 170 valence electrons. The molecule has 0 radical (unpaired) electrons. The molecule has 1 unspecified atom stereocenters. The van der Waals surface area contributed by atoms with E-state index in [0.29, 0.717) is 28.8 Å². The largest absolute Gasteiger partial charge is 0.369 e. The average molecular weight is 475 g/mol. The number of benzene rings is 1. The van der Waals surface area contributed by atoms with E-state index >= 15 is 0 Å². The number of amides is 2. The molecule has 1 aromatic heterocycles. The first-order valence-electron chi connectivity index (χ1n) is 11.1. The van der Waals surface area contributed by atoms with Gasteiger partial charge in [-0.15, -0.1) is 0 Å². The summed E-state index contributed by atoms with van der Waals surface area (Å²) in [6, 6.07) is 11.4. The molecular weight excluding hydrogens is 447 g/mol. The van der Waals surface area contributed by atoms with Crippen LogP contribution >= 0.6 is 23.2 Å². The van der Waals surface area contributed by atoms with Crippen LogP contribution in [0, 0.1) is 5.92 Å². The normalized spacial score (nSPS) is 22.8. The maximum absolute atomic E-state index is 12.8. The van der Waals surface area contributed by atoms with E-state index in [1.54, 1.807) is 11.1 Å². The second-order valence-corrected chi connectivity index (χ2v) is 9.66. The number of aromatic nitrogens is 1. The lowest BCUT2D eigenvalue weighted by Gasteiger charge is -2.44. The number of hydrogen-bond acceptors (Lipinski definition) is 4. The van der Waals surface area contributed by atoms with E-state index < -0.39 is 0 Å². The van der Waals surface area contributed by atoms with E-state index in [2.05, 4.69) is 9.88 Å². The highest BCUT2D eigenvalue weighted by atomic mass is 35.5. The number of pyridine rings is 1. The van der Waals surface area contributed by atoms with Crippen molar-refractivity contribution in [3.8, 4) is 0 Å². The van der Waals surface area contributed by atoms with E-state index in [1.807, 2.05) is 36.4 Å². The third kappa shape index (κ3) is 4.92. The summed E-state index contributed by atoms with van der Waals surface area (Å²) in [7, 11) is 0. The van der Waals surface area contributed by atoms with Crippen LogP contribution in [0.15, 0.2) is 42.6 Å². The van der Waals surface area contributed by atoms with Gasteiger partial charge in [0.05, 0.1) is 10.0 Å². The zero-order chi connectivity index (χ0) is 22.7. The fraction of sp³-hybridized carbons (Fsp3) is 0.458. The summed E-state index contributed by atoms with van der Waals surface area (Å²) in [5.74, 6) is 0.529. The maximum atomic E-state index is 12.8. The van der Waals surface area contributed by atoms with Crippen LogP contribution in [0.5, 0.6) is 0 Å². The van der Waals surface area contributed by atoms with E-state index in [9.17, 15) is 9.59 Å². The number of likely N-dealkylation sites (tertiary alicyclic amines) is 1. The zero-order valence-corrected chi connectivity index (χ0v) is 19.5. The molecule has 6 nitrogen and oxygen atoms in total. The highest BCUT2D eigenvalue weighted by Gasteiger charge is 2.41. The second-order valence-electron chi connectivity index (χ2n) is 8.85. The number of anilines is 1. The van der Waals surface area contributed by atoms with Crippen LogP contribution in [0.25, 0.3) is 0 Å². The Balaban J connectivity index is 1.58. The number of primary amides is 1. The molecule has 2 amide bonds. The highest BCUT2D eigenvalue weighted by molar-refractivity contribution is 6.42. The molecule has 4 rings (SSSR count). The monoisotopic (exact) mass is 474 g/mol. The van der Waals surface area contributed by atoms with Crippen LogP contribution in [0.3, 0.4) is 0 Å². The third-order valence-electron chi connectivity index (χ3n) is 6.93. The Bertz CT molecular complexity index is 979. The minimum Gasteiger partial charge on any atom is -0.369 e. The van der Waals surface area contributed by atoms with Crippen LogP contribution in [0.4, 0.5) is 5.82 Å². The highest BCUT2D eigenvalue weighted by Crippen LogP contribution is 2.41. The van der Waals surface area contributed by atoms with Crippen molar-refractivity contribution in [1.82, 2.24) is 9.88 Å². The average Bonchev–Trinajstić information content (AvgIpc) is 2.81. The van der Waals surface area contributed by atoms with Crippen molar-refractivity contribution in [2.45, 2.75) is 37.5 Å². The van der Waals surface area contributed by atoms with E-state index in [-0.39, 0.29) is 23.1 Å². The van der Waals surface area contributed by atoms with Gasteiger partial charge < -0.3 is 10.6 Å². The van der Waals surface area contributed by atoms with Gasteiger partial charge in [-0.2, -0.15) is 0 Å². The Hall–Kier alpha value is -2.15. The fourth-order valence-electron chi connectivity index (χ4n) is 4.90. The molecule has 2 saturated heterocycles. The van der Waals surface area contributed by atoms with Crippen LogP contribution < -0.4 is 10.6 Å². The lowest BCUT2D eigenvalue weighted by molar-refractivity contribution is -0.123. The predicted molar refractivity (Wildman–Crippen MR) is 127 cm³/mol. The number of carbonyl (C=O) groups is 2. The van der Waals surface area contributed by atoms with Crippen molar-refractivity contribution in [3.63, 3.8) is 0 Å². The SMILES string of the molecule is NC(=O)C1CCN(CCC2(c3ccc(Cl)c(Cl)c3)CCC(=O)N(c3ccccn3)C2)CC1. The Morgan fingerprint density at radius 3 is 2.59 bits per heavy atom. The number of carbonyl (C=O) groups excluding carboxylic acids is 2. The molecule has 1 atom stereocenters. The lowest BCUT2D eigenvalue weighted by Crippen LogP contribution is -2.51. The summed E-state index contributed by atoms with van der Waals surface area (Å²) < 4.78 is 0. The number of halogens is 2. The molecule has 3 heterocycles. The van der Waals surface area contributed by atoms with Crippen LogP contribution in [-0.2, 0) is 15.0 Å². The van der Waals surface area contributed by atoms with Crippen molar-refractivity contribution in [2.24, 2.45) is 11.7 Å². The molecule has 2 N–H and O–H groups in total. The van der Waals surface area contributed by atoms with E-state index in [0.717, 1.165) is 50.9 Å². The van der Waals surface area contributed by atoms with Gasteiger partial charge in [-0.3, -0.25) is 14.5 Å². The van der Waals surface area contributed by atoms with Gasteiger partial charge >= 0.3 is 0 Å². The molecule has 0 aliphatic carbocycles. The van der Waals surface area contributed by atoms with Gasteiger partial charge in [-0.05, 0) is 75.1 Å². The summed E-state index contributed by atoms with van der Waals surface area (Å²) in [5.41, 5.74) is 6.31. The smallest absolute Gasteiger partial charge is 0.228 e. The first-order valence-corrected chi connectivity index (χ1v) is 11.8. The standard InChI is InChI=1S/C24H28Cl2N4O2/c25-19-5-4-18(15-20(19)26)24(10-14-29-12-7-17(8-13-29)23(27)32)9-6-22(31)30(16-24)21-3-1-2-11-28-21/h1-5,11,15,17H,6-10,12-14,16H2,(H2,27,32). The minimum atomic E-state index is -0.264. The molecular formula is C24H28Cl2N4O2. The number of piperidine rings is 2. The maximum Gasteiger partial charge on any atom is 0.228 e. The molecule has 2 aliphatic heterocycles. The summed E-state index contributed by atoms with van der Waals surface area (Å²) >= 11 is 12.6. The molecule has 8 heteroatoms. The topological polar surface area (TPSA) is 79.5 Å². The molecule has 1 aromatic carbocycles. The number of rotatable bonds is 6. The Labute approximate surface area is 198 Å². The second kappa shape index (κ2) is 9.77.